The van der Waals surface area contributed by atoms with Crippen molar-refractivity contribution in [3.05, 3.63) is 58.9 Å². The summed E-state index contributed by atoms with van der Waals surface area (Å²) in [6, 6.07) is 8.32. The molecule has 100 valence electrons. The standard InChI is InChI=1S/C15H12Br4/c1-8(2)10-7-11(14(18)15(19)13(10)17)9-5-3-4-6-12(9)16/h3-6H,7H2,1-2H3. The Hall–Kier alpha value is 0.360. The summed E-state index contributed by atoms with van der Waals surface area (Å²) in [7, 11) is 0. The van der Waals surface area contributed by atoms with E-state index in [2.05, 4.69) is 95.8 Å². The lowest BCUT2D eigenvalue weighted by atomic mass is 9.92. The van der Waals surface area contributed by atoms with Crippen molar-refractivity contribution in [1.29, 1.82) is 0 Å². The molecule has 0 saturated carbocycles. The SMILES string of the molecule is CC(C)=C1CC(c2ccccc2Br)=C(Br)C(Br)=C1Br. The molecular weight excluding hydrogens is 500 g/mol. The highest BCUT2D eigenvalue weighted by molar-refractivity contribution is 9.16. The Labute approximate surface area is 147 Å². The zero-order valence-corrected chi connectivity index (χ0v) is 16.9. The molecule has 0 amide bonds. The summed E-state index contributed by atoms with van der Waals surface area (Å²) in [5.74, 6) is 0. The molecule has 0 aliphatic heterocycles. The molecule has 4 heteroatoms. The quantitative estimate of drug-likeness (QED) is 0.371. The van der Waals surface area contributed by atoms with Crippen LogP contribution in [0.15, 0.2) is 53.3 Å². The van der Waals surface area contributed by atoms with E-state index in [4.69, 9.17) is 0 Å². The lowest BCUT2D eigenvalue weighted by Crippen LogP contribution is -2.01. The fourth-order valence-electron chi connectivity index (χ4n) is 2.01. The minimum Gasteiger partial charge on any atom is -0.0717 e. The van der Waals surface area contributed by atoms with Crippen LogP contribution >= 0.6 is 63.7 Å². The Morgan fingerprint density at radius 2 is 1.53 bits per heavy atom. The number of hydrogen-bond donors (Lipinski definition) is 0. The molecule has 0 heterocycles. The average molecular weight is 512 g/mol. The molecule has 0 radical (unpaired) electrons. The molecule has 19 heavy (non-hydrogen) atoms. The summed E-state index contributed by atoms with van der Waals surface area (Å²) in [4.78, 5) is 0. The molecular formula is C15H12Br4. The minimum absolute atomic E-state index is 0.918. The highest BCUT2D eigenvalue weighted by Crippen LogP contribution is 2.48. The molecule has 1 aromatic rings. The average Bonchev–Trinajstić information content (AvgIpc) is 2.37. The first-order valence-electron chi connectivity index (χ1n) is 5.79. The smallest absolute Gasteiger partial charge is 0.0465 e. The Balaban J connectivity index is 2.65. The van der Waals surface area contributed by atoms with E-state index in [-0.39, 0.29) is 0 Å². The molecule has 0 atom stereocenters. The summed E-state index contributed by atoms with van der Waals surface area (Å²) in [5.41, 5.74) is 5.18. The Bertz CT molecular complexity index is 617. The van der Waals surface area contributed by atoms with Crippen LogP contribution in [-0.2, 0) is 0 Å². The number of hydrogen-bond acceptors (Lipinski definition) is 0. The van der Waals surface area contributed by atoms with Gasteiger partial charge in [0, 0.05) is 24.3 Å². The van der Waals surface area contributed by atoms with E-state index in [1.165, 1.54) is 22.3 Å². The van der Waals surface area contributed by atoms with Gasteiger partial charge < -0.3 is 0 Å². The minimum atomic E-state index is 0.918. The van der Waals surface area contributed by atoms with Crippen molar-refractivity contribution in [3.8, 4) is 0 Å². The molecule has 0 fully saturated rings. The van der Waals surface area contributed by atoms with Crippen molar-refractivity contribution >= 4 is 69.3 Å². The highest BCUT2D eigenvalue weighted by atomic mass is 79.9. The molecule has 0 aromatic heterocycles. The van der Waals surface area contributed by atoms with E-state index in [0.717, 1.165) is 24.3 Å². The fraction of sp³-hybridized carbons (Fsp3) is 0.200. The lowest BCUT2D eigenvalue weighted by molar-refractivity contribution is 1.17. The van der Waals surface area contributed by atoms with Crippen LogP contribution in [0.4, 0.5) is 0 Å². The predicted octanol–water partition coefficient (Wildman–Crippen LogP) is 7.30. The second kappa shape index (κ2) is 6.42. The highest BCUT2D eigenvalue weighted by Gasteiger charge is 2.23. The van der Waals surface area contributed by atoms with Crippen molar-refractivity contribution in [3.63, 3.8) is 0 Å². The summed E-state index contributed by atoms with van der Waals surface area (Å²) >= 11 is 14.7. The second-order valence-electron chi connectivity index (χ2n) is 4.56. The van der Waals surface area contributed by atoms with Crippen molar-refractivity contribution in [2.75, 3.05) is 0 Å². The first-order valence-corrected chi connectivity index (χ1v) is 8.96. The van der Waals surface area contributed by atoms with Crippen molar-refractivity contribution in [2.24, 2.45) is 0 Å². The van der Waals surface area contributed by atoms with E-state index in [1.807, 2.05) is 6.07 Å². The molecule has 1 aromatic carbocycles. The van der Waals surface area contributed by atoms with Gasteiger partial charge in [-0.1, -0.05) is 39.7 Å². The van der Waals surface area contributed by atoms with Gasteiger partial charge in [-0.05, 0) is 84.4 Å². The van der Waals surface area contributed by atoms with Crippen LogP contribution in [0.2, 0.25) is 0 Å². The van der Waals surface area contributed by atoms with E-state index < -0.39 is 0 Å². The fourth-order valence-corrected chi connectivity index (χ4v) is 4.56. The zero-order valence-electron chi connectivity index (χ0n) is 10.5. The number of halogens is 4. The summed E-state index contributed by atoms with van der Waals surface area (Å²) in [5, 5.41) is 0. The van der Waals surface area contributed by atoms with Crippen molar-refractivity contribution in [1.82, 2.24) is 0 Å². The molecule has 0 unspecified atom stereocenters. The summed E-state index contributed by atoms with van der Waals surface area (Å²) < 4.78 is 4.43. The van der Waals surface area contributed by atoms with Crippen molar-refractivity contribution < 1.29 is 0 Å². The molecule has 0 nitrogen and oxygen atoms in total. The maximum atomic E-state index is 3.71. The van der Waals surface area contributed by atoms with Crippen LogP contribution in [0.25, 0.3) is 5.57 Å². The maximum absolute atomic E-state index is 3.71. The van der Waals surface area contributed by atoms with Crippen LogP contribution in [0.3, 0.4) is 0 Å². The van der Waals surface area contributed by atoms with Crippen molar-refractivity contribution in [2.45, 2.75) is 20.3 Å². The van der Waals surface area contributed by atoms with Crippen LogP contribution in [0, 0.1) is 0 Å². The van der Waals surface area contributed by atoms with E-state index >= 15 is 0 Å². The Morgan fingerprint density at radius 3 is 2.11 bits per heavy atom. The van der Waals surface area contributed by atoms with E-state index in [9.17, 15) is 0 Å². The van der Waals surface area contributed by atoms with E-state index in [0.29, 0.717) is 0 Å². The van der Waals surface area contributed by atoms with Gasteiger partial charge in [-0.2, -0.15) is 0 Å². The summed E-state index contributed by atoms with van der Waals surface area (Å²) in [6.07, 6.45) is 0.918. The molecule has 0 N–H and O–H groups in total. The van der Waals surface area contributed by atoms with Gasteiger partial charge in [0.05, 0.1) is 0 Å². The van der Waals surface area contributed by atoms with Gasteiger partial charge >= 0.3 is 0 Å². The van der Waals surface area contributed by atoms with Crippen LogP contribution in [0.5, 0.6) is 0 Å². The Morgan fingerprint density at radius 1 is 0.895 bits per heavy atom. The first-order chi connectivity index (χ1) is 8.93. The van der Waals surface area contributed by atoms with Gasteiger partial charge in [0.25, 0.3) is 0 Å². The van der Waals surface area contributed by atoms with Crippen LogP contribution in [0.1, 0.15) is 25.8 Å². The molecule has 0 spiro atoms. The molecule has 1 aliphatic rings. The topological polar surface area (TPSA) is 0 Å². The van der Waals surface area contributed by atoms with Gasteiger partial charge in [-0.25, -0.2) is 0 Å². The summed E-state index contributed by atoms with van der Waals surface area (Å²) in [6.45, 7) is 4.29. The number of allylic oxidation sites excluding steroid dienone is 6. The van der Waals surface area contributed by atoms with Gasteiger partial charge in [0.2, 0.25) is 0 Å². The van der Waals surface area contributed by atoms with Gasteiger partial charge in [0.15, 0.2) is 0 Å². The normalized spacial score (nSPS) is 16.2. The molecule has 0 saturated heterocycles. The van der Waals surface area contributed by atoms with Crippen LogP contribution in [-0.4, -0.2) is 0 Å². The molecule has 0 bridgehead atoms. The predicted molar refractivity (Wildman–Crippen MR) is 97.9 cm³/mol. The second-order valence-corrected chi connectivity index (χ2v) is 7.79. The Kier molecular flexibility index (Phi) is 5.32. The molecule has 2 rings (SSSR count). The van der Waals surface area contributed by atoms with Gasteiger partial charge in [-0.15, -0.1) is 0 Å². The van der Waals surface area contributed by atoms with E-state index in [1.54, 1.807) is 0 Å². The van der Waals surface area contributed by atoms with Crippen LogP contribution < -0.4 is 0 Å². The third-order valence-electron chi connectivity index (χ3n) is 3.07. The monoisotopic (exact) mass is 508 g/mol. The van der Waals surface area contributed by atoms with Gasteiger partial charge in [0.1, 0.15) is 0 Å². The molecule has 1 aliphatic carbocycles. The third-order valence-corrected chi connectivity index (χ3v) is 7.37. The van der Waals surface area contributed by atoms with Gasteiger partial charge in [-0.3, -0.25) is 0 Å². The number of rotatable bonds is 1. The zero-order chi connectivity index (χ0) is 14.2. The number of benzene rings is 1. The maximum Gasteiger partial charge on any atom is 0.0465 e. The first kappa shape index (κ1) is 15.7. The third kappa shape index (κ3) is 3.17. The largest absolute Gasteiger partial charge is 0.0717 e. The lowest BCUT2D eigenvalue weighted by Gasteiger charge is -2.22.